The summed E-state index contributed by atoms with van der Waals surface area (Å²) in [5.41, 5.74) is 2.20. The van der Waals surface area contributed by atoms with Gasteiger partial charge in [0.2, 0.25) is 15.8 Å². The number of hydrogen-bond donors (Lipinski definition) is 4. The number of aliphatic hydroxyl groups is 1. The topological polar surface area (TPSA) is 139 Å². The van der Waals surface area contributed by atoms with E-state index >= 15 is 0 Å². The maximum absolute atomic E-state index is 13.7. The highest BCUT2D eigenvalue weighted by atomic mass is 32.2. The largest absolute Gasteiger partial charge is 0.451 e. The van der Waals surface area contributed by atoms with E-state index in [2.05, 4.69) is 47.8 Å². The van der Waals surface area contributed by atoms with E-state index in [1.807, 2.05) is 12.1 Å². The zero-order valence-corrected chi connectivity index (χ0v) is 23.7. The molecule has 0 unspecified atom stereocenters. The minimum absolute atomic E-state index is 0.00896. The Hall–Kier alpha value is -2.79. The quantitative estimate of drug-likeness (QED) is 0.272. The van der Waals surface area contributed by atoms with Crippen LogP contribution in [0.4, 0.5) is 24.8 Å². The van der Waals surface area contributed by atoms with Gasteiger partial charge in [-0.1, -0.05) is 24.3 Å². The van der Waals surface area contributed by atoms with Crippen LogP contribution in [-0.4, -0.2) is 103 Å². The van der Waals surface area contributed by atoms with Crippen molar-refractivity contribution in [3.63, 3.8) is 0 Å². The Morgan fingerprint density at radius 3 is 2.58 bits per heavy atom. The molecule has 1 saturated heterocycles. The number of nitrogens with zero attached hydrogens (tertiary/aromatic N) is 5. The molecule has 2 radical (unpaired) electrons. The molecule has 0 amide bonds. The molecule has 1 aromatic carbocycles. The van der Waals surface area contributed by atoms with Crippen LogP contribution in [0.1, 0.15) is 29.8 Å². The number of fused-ring (bicyclic) bond motifs is 2. The predicted molar refractivity (Wildman–Crippen MR) is 145 cm³/mol. The van der Waals surface area contributed by atoms with Crippen LogP contribution in [0.2, 0.25) is 0 Å². The Kier molecular flexibility index (Phi) is 8.33. The van der Waals surface area contributed by atoms with Crippen LogP contribution in [0.25, 0.3) is 11.0 Å². The Morgan fingerprint density at radius 2 is 1.88 bits per heavy atom. The molecular formula is C24H31F3N8O3SSi. The molecule has 4 heterocycles. The maximum Gasteiger partial charge on any atom is 0.451 e. The number of hydrogen-bond acceptors (Lipinski definition) is 9. The molecule has 216 valence electrons. The molecule has 11 nitrogen and oxygen atoms in total. The summed E-state index contributed by atoms with van der Waals surface area (Å²) in [7, 11) is -3.24. The minimum atomic E-state index is -4.77. The van der Waals surface area contributed by atoms with Gasteiger partial charge in [0.15, 0.2) is 11.6 Å². The first-order valence-electron chi connectivity index (χ1n) is 13.0. The molecule has 4 N–H and O–H groups in total. The number of sulfonamides is 1. The molecular weight excluding hydrogens is 565 g/mol. The predicted octanol–water partition coefficient (Wildman–Crippen LogP) is 1.66. The fourth-order valence-corrected chi connectivity index (χ4v) is 6.82. The van der Waals surface area contributed by atoms with Gasteiger partial charge in [-0.3, -0.25) is 10.00 Å². The van der Waals surface area contributed by atoms with Crippen molar-refractivity contribution in [1.29, 1.82) is 0 Å². The van der Waals surface area contributed by atoms with Gasteiger partial charge in [0.25, 0.3) is 0 Å². The number of benzene rings is 1. The average molecular weight is 597 g/mol. The number of aromatic nitrogens is 4. The van der Waals surface area contributed by atoms with Gasteiger partial charge < -0.3 is 15.7 Å². The summed E-state index contributed by atoms with van der Waals surface area (Å²) < 4.78 is 65.9. The number of piperidine rings is 1. The van der Waals surface area contributed by atoms with Crippen molar-refractivity contribution in [3.8, 4) is 0 Å². The molecule has 2 aliphatic rings. The van der Waals surface area contributed by atoms with Crippen molar-refractivity contribution in [2.24, 2.45) is 0 Å². The third-order valence-corrected chi connectivity index (χ3v) is 9.50. The smallest absolute Gasteiger partial charge is 0.396 e. The van der Waals surface area contributed by atoms with Gasteiger partial charge in [-0.15, -0.1) is 0 Å². The van der Waals surface area contributed by atoms with Crippen LogP contribution in [0.15, 0.2) is 24.3 Å². The Morgan fingerprint density at radius 1 is 1.15 bits per heavy atom. The zero-order valence-electron chi connectivity index (χ0n) is 21.9. The van der Waals surface area contributed by atoms with Gasteiger partial charge in [0.05, 0.1) is 12.0 Å². The molecule has 0 aliphatic carbocycles. The average Bonchev–Trinajstić information content (AvgIpc) is 3.31. The fraction of sp³-hybridized carbons (Fsp3) is 0.542. The van der Waals surface area contributed by atoms with Crippen molar-refractivity contribution in [3.05, 3.63) is 41.2 Å². The first kappa shape index (κ1) is 28.7. The SMILES string of the molecule is CS(=O)(=O)N1CCC(Nc2nc(C(F)(F)F)nc3c(NC[Si][C@H](O)CN4CCc5ccccc5C4)n[nH]c23)CC1. The molecule has 1 fully saturated rings. The molecule has 5 rings (SSSR count). The summed E-state index contributed by atoms with van der Waals surface area (Å²) in [5, 5.41) is 23.5. The number of nitrogens with one attached hydrogen (secondary N) is 3. The Labute approximate surface area is 232 Å². The van der Waals surface area contributed by atoms with E-state index in [0.717, 1.165) is 25.8 Å². The van der Waals surface area contributed by atoms with E-state index in [1.54, 1.807) is 0 Å². The highest BCUT2D eigenvalue weighted by Gasteiger charge is 2.37. The van der Waals surface area contributed by atoms with E-state index in [9.17, 15) is 26.7 Å². The van der Waals surface area contributed by atoms with Crippen LogP contribution >= 0.6 is 0 Å². The van der Waals surface area contributed by atoms with E-state index in [0.29, 0.717) is 25.6 Å². The number of β-amino-alcohol motifs (C(OH)–C–C–N with tert-alkyl or cyclic N) is 1. The Balaban J connectivity index is 1.23. The van der Waals surface area contributed by atoms with Gasteiger partial charge in [-0.2, -0.15) is 18.3 Å². The Bertz CT molecular complexity index is 1450. The number of anilines is 2. The maximum atomic E-state index is 13.7. The van der Waals surface area contributed by atoms with Crippen LogP contribution in [0.3, 0.4) is 0 Å². The molecule has 1 atom stereocenters. The lowest BCUT2D eigenvalue weighted by atomic mass is 10.0. The van der Waals surface area contributed by atoms with E-state index in [4.69, 9.17) is 0 Å². The fourth-order valence-electron chi connectivity index (χ4n) is 5.05. The molecule has 0 bridgehead atoms. The number of H-pyrrole nitrogens is 1. The molecule has 0 saturated carbocycles. The zero-order chi connectivity index (χ0) is 28.5. The molecule has 0 spiro atoms. The molecule has 40 heavy (non-hydrogen) atoms. The van der Waals surface area contributed by atoms with Crippen molar-refractivity contribution >= 4 is 42.2 Å². The normalized spacial score (nSPS) is 18.5. The number of rotatable bonds is 9. The first-order chi connectivity index (χ1) is 19.0. The summed E-state index contributed by atoms with van der Waals surface area (Å²) in [4.78, 5) is 9.64. The van der Waals surface area contributed by atoms with E-state index in [-0.39, 0.29) is 51.3 Å². The second-order valence-electron chi connectivity index (χ2n) is 10.1. The number of aromatic amines is 1. The molecule has 2 aliphatic heterocycles. The van der Waals surface area contributed by atoms with Crippen LogP contribution in [0, 0.1) is 0 Å². The second kappa shape index (κ2) is 11.6. The van der Waals surface area contributed by atoms with Crippen LogP contribution in [-0.2, 0) is 29.2 Å². The van der Waals surface area contributed by atoms with Crippen molar-refractivity contribution in [1.82, 2.24) is 29.4 Å². The second-order valence-corrected chi connectivity index (χ2v) is 13.5. The minimum Gasteiger partial charge on any atom is -0.396 e. The summed E-state index contributed by atoms with van der Waals surface area (Å²) in [6.07, 6.45) is -1.57. The monoisotopic (exact) mass is 596 g/mol. The van der Waals surface area contributed by atoms with E-state index in [1.165, 1.54) is 15.4 Å². The molecule has 16 heteroatoms. The third-order valence-electron chi connectivity index (χ3n) is 7.16. The van der Waals surface area contributed by atoms with E-state index < -0.39 is 27.8 Å². The lowest BCUT2D eigenvalue weighted by Gasteiger charge is -2.31. The van der Waals surface area contributed by atoms with Gasteiger partial charge in [-0.05, 0) is 30.4 Å². The van der Waals surface area contributed by atoms with Crippen LogP contribution in [0.5, 0.6) is 0 Å². The summed E-state index contributed by atoms with van der Waals surface area (Å²) >= 11 is 0. The van der Waals surface area contributed by atoms with Crippen molar-refractivity contribution in [2.75, 3.05) is 49.2 Å². The lowest BCUT2D eigenvalue weighted by molar-refractivity contribution is -0.144. The first-order valence-corrected chi connectivity index (χ1v) is 16.1. The number of alkyl halides is 3. The lowest BCUT2D eigenvalue weighted by Crippen LogP contribution is -2.42. The van der Waals surface area contributed by atoms with Gasteiger partial charge >= 0.3 is 6.18 Å². The van der Waals surface area contributed by atoms with Crippen molar-refractivity contribution < 1.29 is 26.7 Å². The third kappa shape index (κ3) is 6.74. The summed E-state index contributed by atoms with van der Waals surface area (Å²) in [6.45, 7) is 2.66. The number of halogens is 3. The highest BCUT2D eigenvalue weighted by Crippen LogP contribution is 2.32. The van der Waals surface area contributed by atoms with Gasteiger partial charge in [0.1, 0.15) is 20.6 Å². The van der Waals surface area contributed by atoms with Crippen molar-refractivity contribution in [2.45, 2.75) is 43.8 Å². The standard InChI is InChI=1S/C24H31F3N8O3SSi/c1-39(37,38)35-10-7-17(8-11-35)29-22-20-19(30-23(31-22)24(25,26)27)21(33-32-20)28-14-40-18(36)13-34-9-6-15-4-2-3-5-16(15)12-34/h2-5,17-18,36H,6-14H2,1H3,(H2,28,32,33)(H,29,30,31)/t18-/m0/s1. The summed E-state index contributed by atoms with van der Waals surface area (Å²) in [6, 6.07) is 7.99. The molecule has 2 aromatic heterocycles. The van der Waals surface area contributed by atoms with Gasteiger partial charge in [-0.25, -0.2) is 22.7 Å². The summed E-state index contributed by atoms with van der Waals surface area (Å²) in [5.74, 6) is -1.19. The highest BCUT2D eigenvalue weighted by molar-refractivity contribution is 7.88. The molecule has 3 aromatic rings. The number of aliphatic hydroxyl groups excluding tert-OH is 1. The van der Waals surface area contributed by atoms with Crippen LogP contribution < -0.4 is 10.6 Å². The van der Waals surface area contributed by atoms with Gasteiger partial charge in [0, 0.05) is 44.9 Å².